The highest BCUT2D eigenvalue weighted by Crippen LogP contribution is 2.08. The van der Waals surface area contributed by atoms with E-state index in [4.69, 9.17) is 11.2 Å². The number of rotatable bonds is 15. The Bertz CT molecular complexity index is 196. The van der Waals surface area contributed by atoms with Gasteiger partial charge in [0.15, 0.2) is 0 Å². The number of hydrogen-bond acceptors (Lipinski definition) is 1. The van der Waals surface area contributed by atoms with Crippen LogP contribution >= 0.6 is 0 Å². The van der Waals surface area contributed by atoms with Crippen LogP contribution in [0.2, 0.25) is 0 Å². The second-order valence-corrected chi connectivity index (χ2v) is 6.19. The van der Waals surface area contributed by atoms with Gasteiger partial charge in [-0.25, -0.2) is 0 Å². The van der Waals surface area contributed by atoms with Gasteiger partial charge < -0.3 is 4.74 Å². The molecule has 0 radical (unpaired) electrons. The number of terminal acetylenes is 1. The standard InChI is InChI=1S/C12H22.C9H20O/c1-3-5-7-9-11-12-10-8-6-4-2;1-3-4-5-6-7-8-9-10-2/h1H,4-12H2,2H3;3-9H2,1-2H3. The molecule has 0 rings (SSSR count). The highest BCUT2D eigenvalue weighted by molar-refractivity contribution is 4.82. The van der Waals surface area contributed by atoms with E-state index in [-0.39, 0.29) is 0 Å². The quantitative estimate of drug-likeness (QED) is 0.230. The fourth-order valence-corrected chi connectivity index (χ4v) is 2.39. The molecule has 0 N–H and O–H groups in total. The van der Waals surface area contributed by atoms with Gasteiger partial charge in [0, 0.05) is 20.1 Å². The van der Waals surface area contributed by atoms with Crippen LogP contribution in [0.5, 0.6) is 0 Å². The van der Waals surface area contributed by atoms with Crippen molar-refractivity contribution in [3.8, 4) is 12.3 Å². The summed E-state index contributed by atoms with van der Waals surface area (Å²) < 4.78 is 4.95. The summed E-state index contributed by atoms with van der Waals surface area (Å²) in [7, 11) is 1.77. The van der Waals surface area contributed by atoms with E-state index in [2.05, 4.69) is 19.8 Å². The van der Waals surface area contributed by atoms with Crippen molar-refractivity contribution in [2.75, 3.05) is 13.7 Å². The van der Waals surface area contributed by atoms with Gasteiger partial charge in [-0.15, -0.1) is 12.3 Å². The molecule has 1 heteroatoms. The minimum absolute atomic E-state index is 0.937. The third kappa shape index (κ3) is 27.8. The number of ether oxygens (including phenoxy) is 1. The number of unbranched alkanes of at least 4 members (excludes halogenated alkanes) is 13. The summed E-state index contributed by atoms with van der Waals surface area (Å²) >= 11 is 0. The van der Waals surface area contributed by atoms with Crippen molar-refractivity contribution < 1.29 is 4.74 Å². The molecule has 1 nitrogen and oxygen atoms in total. The van der Waals surface area contributed by atoms with Gasteiger partial charge in [-0.1, -0.05) is 90.9 Å². The average Bonchev–Trinajstić information content (AvgIpc) is 2.54. The molecule has 0 spiro atoms. The third-order valence-corrected chi connectivity index (χ3v) is 3.88. The lowest BCUT2D eigenvalue weighted by Crippen LogP contribution is -1.87. The lowest BCUT2D eigenvalue weighted by Gasteiger charge is -1.98. The van der Waals surface area contributed by atoms with E-state index in [9.17, 15) is 0 Å². The molecule has 22 heavy (non-hydrogen) atoms. The van der Waals surface area contributed by atoms with Crippen molar-refractivity contribution in [1.82, 2.24) is 0 Å². The first kappa shape index (κ1) is 23.8. The monoisotopic (exact) mass is 310 g/mol. The predicted molar refractivity (Wildman–Crippen MR) is 101 cm³/mol. The Hall–Kier alpha value is -0.480. The molecule has 0 amide bonds. The van der Waals surface area contributed by atoms with E-state index >= 15 is 0 Å². The van der Waals surface area contributed by atoms with Gasteiger partial charge in [-0.3, -0.25) is 0 Å². The van der Waals surface area contributed by atoms with Crippen molar-refractivity contribution in [1.29, 1.82) is 0 Å². The maximum absolute atomic E-state index is 5.16. The van der Waals surface area contributed by atoms with E-state index < -0.39 is 0 Å². The Labute approximate surface area is 141 Å². The molecule has 0 aromatic carbocycles. The Balaban J connectivity index is 0. The molecular weight excluding hydrogens is 268 g/mol. The minimum Gasteiger partial charge on any atom is -0.385 e. The Morgan fingerprint density at radius 3 is 1.45 bits per heavy atom. The van der Waals surface area contributed by atoms with Gasteiger partial charge >= 0.3 is 0 Å². The third-order valence-electron chi connectivity index (χ3n) is 3.88. The van der Waals surface area contributed by atoms with Crippen LogP contribution in [0.15, 0.2) is 0 Å². The maximum Gasteiger partial charge on any atom is 0.0462 e. The van der Waals surface area contributed by atoms with Gasteiger partial charge in [0.2, 0.25) is 0 Å². The first-order valence-corrected chi connectivity index (χ1v) is 9.75. The predicted octanol–water partition coefficient (Wildman–Crippen LogP) is 7.14. The van der Waals surface area contributed by atoms with Crippen LogP contribution in [0.4, 0.5) is 0 Å². The van der Waals surface area contributed by atoms with Crippen molar-refractivity contribution in [3.05, 3.63) is 0 Å². The molecule has 0 aliphatic rings. The van der Waals surface area contributed by atoms with Crippen LogP contribution in [0.3, 0.4) is 0 Å². The zero-order valence-electron chi connectivity index (χ0n) is 15.8. The molecule has 0 atom stereocenters. The molecule has 0 aliphatic carbocycles. The molecule has 0 aromatic heterocycles. The second kappa shape index (κ2) is 25.5. The van der Waals surface area contributed by atoms with Gasteiger partial charge in [-0.2, -0.15) is 0 Å². The van der Waals surface area contributed by atoms with Crippen LogP contribution in [0.1, 0.15) is 110 Å². The van der Waals surface area contributed by atoms with Gasteiger partial charge in [0.25, 0.3) is 0 Å². The summed E-state index contributed by atoms with van der Waals surface area (Å²) in [6.45, 7) is 5.44. The van der Waals surface area contributed by atoms with E-state index in [1.807, 2.05) is 0 Å². The lowest BCUT2D eigenvalue weighted by molar-refractivity contribution is 0.192. The molecule has 0 heterocycles. The SMILES string of the molecule is C#CCCCCCCCCCC.CCCCCCCCOC. The van der Waals surface area contributed by atoms with E-state index in [0.717, 1.165) is 13.0 Å². The molecule has 0 saturated carbocycles. The summed E-state index contributed by atoms with van der Waals surface area (Å²) in [4.78, 5) is 0. The Morgan fingerprint density at radius 2 is 1.05 bits per heavy atom. The summed E-state index contributed by atoms with van der Waals surface area (Å²) in [5.41, 5.74) is 0. The van der Waals surface area contributed by atoms with Crippen molar-refractivity contribution in [2.45, 2.75) is 110 Å². The van der Waals surface area contributed by atoms with Gasteiger partial charge in [-0.05, 0) is 12.8 Å². The average molecular weight is 311 g/mol. The minimum atomic E-state index is 0.937. The molecule has 0 aliphatic heterocycles. The molecular formula is C21H42O. The number of hydrogen-bond donors (Lipinski definition) is 0. The van der Waals surface area contributed by atoms with E-state index in [0.29, 0.717) is 0 Å². The van der Waals surface area contributed by atoms with E-state index in [1.165, 1.54) is 89.9 Å². The smallest absolute Gasteiger partial charge is 0.0462 e. The fraction of sp³-hybridized carbons (Fsp3) is 0.905. The summed E-state index contributed by atoms with van der Waals surface area (Å²) in [5, 5.41) is 0. The molecule has 0 fully saturated rings. The Kier molecular flexibility index (Phi) is 27.5. The first-order chi connectivity index (χ1) is 10.8. The van der Waals surface area contributed by atoms with E-state index in [1.54, 1.807) is 7.11 Å². The highest BCUT2D eigenvalue weighted by Gasteiger charge is 1.89. The highest BCUT2D eigenvalue weighted by atomic mass is 16.5. The molecule has 0 aromatic rings. The van der Waals surface area contributed by atoms with Crippen LogP contribution in [0, 0.1) is 12.3 Å². The number of methoxy groups -OCH3 is 1. The molecule has 0 bridgehead atoms. The maximum atomic E-state index is 5.16. The van der Waals surface area contributed by atoms with Crippen LogP contribution in [-0.4, -0.2) is 13.7 Å². The molecule has 0 saturated heterocycles. The zero-order chi connectivity index (χ0) is 16.7. The van der Waals surface area contributed by atoms with Crippen LogP contribution in [0.25, 0.3) is 0 Å². The summed E-state index contributed by atoms with van der Waals surface area (Å²) in [6.07, 6.45) is 25.2. The summed E-state index contributed by atoms with van der Waals surface area (Å²) in [6, 6.07) is 0. The first-order valence-electron chi connectivity index (χ1n) is 9.75. The van der Waals surface area contributed by atoms with Crippen molar-refractivity contribution in [3.63, 3.8) is 0 Å². The largest absolute Gasteiger partial charge is 0.385 e. The molecule has 132 valence electrons. The second-order valence-electron chi connectivity index (χ2n) is 6.19. The zero-order valence-corrected chi connectivity index (χ0v) is 15.8. The molecule has 0 unspecified atom stereocenters. The fourth-order valence-electron chi connectivity index (χ4n) is 2.39. The van der Waals surface area contributed by atoms with Crippen molar-refractivity contribution in [2.24, 2.45) is 0 Å². The van der Waals surface area contributed by atoms with Gasteiger partial charge in [0.1, 0.15) is 0 Å². The van der Waals surface area contributed by atoms with Crippen molar-refractivity contribution >= 4 is 0 Å². The van der Waals surface area contributed by atoms with Crippen LogP contribution < -0.4 is 0 Å². The van der Waals surface area contributed by atoms with Gasteiger partial charge in [0.05, 0.1) is 0 Å². The lowest BCUT2D eigenvalue weighted by atomic mass is 10.1. The van der Waals surface area contributed by atoms with Crippen LogP contribution in [-0.2, 0) is 4.74 Å². The topological polar surface area (TPSA) is 9.23 Å². The Morgan fingerprint density at radius 1 is 0.636 bits per heavy atom. The summed E-state index contributed by atoms with van der Waals surface area (Å²) in [5.74, 6) is 2.68. The normalized spacial score (nSPS) is 9.91.